The summed E-state index contributed by atoms with van der Waals surface area (Å²) in [5.41, 5.74) is 1.18. The van der Waals surface area contributed by atoms with E-state index in [1.165, 1.54) is 5.56 Å². The SMILES string of the molecule is CCC(C)C(C[PH](=O)O)c1ccccc1. The van der Waals surface area contributed by atoms with E-state index in [9.17, 15) is 4.57 Å². The molecule has 84 valence electrons. The van der Waals surface area contributed by atoms with E-state index in [0.29, 0.717) is 12.1 Å². The van der Waals surface area contributed by atoms with Gasteiger partial charge in [0, 0.05) is 6.16 Å². The Morgan fingerprint density at radius 2 is 1.93 bits per heavy atom. The van der Waals surface area contributed by atoms with Gasteiger partial charge in [-0.15, -0.1) is 0 Å². The zero-order valence-corrected chi connectivity index (χ0v) is 10.3. The van der Waals surface area contributed by atoms with Gasteiger partial charge in [-0.25, -0.2) is 0 Å². The van der Waals surface area contributed by atoms with Gasteiger partial charge in [0.1, 0.15) is 0 Å². The quantitative estimate of drug-likeness (QED) is 0.782. The molecule has 0 amide bonds. The standard InChI is InChI=1S/C12H19O2P/c1-3-10(2)12(9-15(13)14)11-7-5-4-6-8-11/h4-8,10,12,15H,3,9H2,1-2H3,(H,13,14). The lowest BCUT2D eigenvalue weighted by atomic mass is 9.87. The third kappa shape index (κ3) is 3.81. The molecule has 1 aromatic rings. The highest BCUT2D eigenvalue weighted by Crippen LogP contribution is 2.33. The van der Waals surface area contributed by atoms with Crippen LogP contribution in [0.4, 0.5) is 0 Å². The van der Waals surface area contributed by atoms with Gasteiger partial charge in [-0.1, -0.05) is 50.6 Å². The topological polar surface area (TPSA) is 37.3 Å². The van der Waals surface area contributed by atoms with Gasteiger partial charge in [0.25, 0.3) is 0 Å². The zero-order chi connectivity index (χ0) is 11.3. The van der Waals surface area contributed by atoms with Gasteiger partial charge in [0.2, 0.25) is 0 Å². The van der Waals surface area contributed by atoms with Gasteiger partial charge in [-0.2, -0.15) is 0 Å². The van der Waals surface area contributed by atoms with E-state index in [1.807, 2.05) is 30.3 Å². The molecule has 0 aliphatic carbocycles. The maximum absolute atomic E-state index is 11.0. The van der Waals surface area contributed by atoms with E-state index >= 15 is 0 Å². The fourth-order valence-electron chi connectivity index (χ4n) is 1.82. The van der Waals surface area contributed by atoms with Crippen molar-refractivity contribution in [2.45, 2.75) is 26.2 Å². The van der Waals surface area contributed by atoms with E-state index < -0.39 is 8.03 Å². The molecule has 0 aliphatic rings. The first kappa shape index (κ1) is 12.5. The minimum Gasteiger partial charge on any atom is -0.346 e. The molecular formula is C12H19O2P. The van der Waals surface area contributed by atoms with E-state index in [1.54, 1.807) is 0 Å². The van der Waals surface area contributed by atoms with Crippen molar-refractivity contribution in [2.24, 2.45) is 5.92 Å². The average Bonchev–Trinajstić information content (AvgIpc) is 2.26. The molecule has 0 aromatic heterocycles. The second-order valence-electron chi connectivity index (χ2n) is 4.00. The Balaban J connectivity index is 2.86. The molecule has 0 heterocycles. The maximum atomic E-state index is 11.0. The number of hydrogen-bond donors (Lipinski definition) is 1. The lowest BCUT2D eigenvalue weighted by Crippen LogP contribution is -2.11. The summed E-state index contributed by atoms with van der Waals surface area (Å²) < 4.78 is 11.0. The van der Waals surface area contributed by atoms with Crippen molar-refractivity contribution in [2.75, 3.05) is 6.16 Å². The molecule has 3 unspecified atom stereocenters. The van der Waals surface area contributed by atoms with Gasteiger partial charge in [0.15, 0.2) is 8.03 Å². The molecule has 0 saturated heterocycles. The lowest BCUT2D eigenvalue weighted by molar-refractivity contribution is 0.449. The van der Waals surface area contributed by atoms with Gasteiger partial charge in [0.05, 0.1) is 0 Å². The second kappa shape index (κ2) is 6.09. The van der Waals surface area contributed by atoms with Crippen LogP contribution >= 0.6 is 8.03 Å². The fraction of sp³-hybridized carbons (Fsp3) is 0.500. The molecular weight excluding hydrogens is 207 g/mol. The first-order valence-electron chi connectivity index (χ1n) is 5.41. The van der Waals surface area contributed by atoms with Crippen molar-refractivity contribution < 1.29 is 9.46 Å². The maximum Gasteiger partial charge on any atom is 0.189 e. The van der Waals surface area contributed by atoms with Crippen molar-refractivity contribution in [3.8, 4) is 0 Å². The van der Waals surface area contributed by atoms with Crippen LogP contribution in [0.3, 0.4) is 0 Å². The Bertz CT molecular complexity index is 311. The molecule has 0 bridgehead atoms. The van der Waals surface area contributed by atoms with Crippen molar-refractivity contribution in [3.05, 3.63) is 35.9 Å². The first-order valence-corrected chi connectivity index (χ1v) is 6.98. The minimum atomic E-state index is -2.38. The summed E-state index contributed by atoms with van der Waals surface area (Å²) in [5.74, 6) is 0.668. The summed E-state index contributed by atoms with van der Waals surface area (Å²) in [5, 5.41) is 0. The van der Waals surface area contributed by atoms with Crippen LogP contribution in [0.15, 0.2) is 30.3 Å². The summed E-state index contributed by atoms with van der Waals surface area (Å²) >= 11 is 0. The van der Waals surface area contributed by atoms with Crippen LogP contribution in [0.25, 0.3) is 0 Å². The Kier molecular flexibility index (Phi) is 5.07. The highest BCUT2D eigenvalue weighted by Gasteiger charge is 2.19. The number of rotatable bonds is 5. The average molecular weight is 226 g/mol. The third-order valence-corrected chi connectivity index (χ3v) is 3.74. The van der Waals surface area contributed by atoms with Gasteiger partial charge in [-0.05, 0) is 17.4 Å². The Labute approximate surface area is 92.2 Å². The van der Waals surface area contributed by atoms with Gasteiger partial charge < -0.3 is 4.89 Å². The van der Waals surface area contributed by atoms with Crippen LogP contribution in [0.1, 0.15) is 31.7 Å². The first-order chi connectivity index (χ1) is 7.15. The van der Waals surface area contributed by atoms with Crippen LogP contribution in [0.5, 0.6) is 0 Å². The normalized spacial score (nSPS) is 17.0. The minimum absolute atomic E-state index is 0.215. The van der Waals surface area contributed by atoms with E-state index in [2.05, 4.69) is 13.8 Å². The molecule has 1 rings (SSSR count). The zero-order valence-electron chi connectivity index (χ0n) is 9.31. The van der Waals surface area contributed by atoms with Crippen molar-refractivity contribution >= 4 is 8.03 Å². The summed E-state index contributed by atoms with van der Waals surface area (Å²) in [4.78, 5) is 9.07. The third-order valence-electron chi connectivity index (χ3n) is 2.95. The van der Waals surface area contributed by atoms with Crippen molar-refractivity contribution in [1.82, 2.24) is 0 Å². The molecule has 15 heavy (non-hydrogen) atoms. The van der Waals surface area contributed by atoms with Crippen LogP contribution in [-0.2, 0) is 4.57 Å². The summed E-state index contributed by atoms with van der Waals surface area (Å²) in [6, 6.07) is 10.0. The summed E-state index contributed by atoms with van der Waals surface area (Å²) in [7, 11) is -2.38. The van der Waals surface area contributed by atoms with E-state index in [4.69, 9.17) is 4.89 Å². The predicted molar refractivity (Wildman–Crippen MR) is 64.7 cm³/mol. The molecule has 3 atom stereocenters. The van der Waals surface area contributed by atoms with Crippen LogP contribution in [0.2, 0.25) is 0 Å². The van der Waals surface area contributed by atoms with E-state index in [0.717, 1.165) is 6.42 Å². The molecule has 1 N–H and O–H groups in total. The number of hydrogen-bond acceptors (Lipinski definition) is 1. The molecule has 0 fully saturated rings. The Morgan fingerprint density at radius 1 is 1.33 bits per heavy atom. The Hall–Kier alpha value is -0.590. The summed E-state index contributed by atoms with van der Waals surface area (Å²) in [6.07, 6.45) is 1.44. The molecule has 0 aliphatic heterocycles. The highest BCUT2D eigenvalue weighted by molar-refractivity contribution is 7.38. The molecule has 3 heteroatoms. The molecule has 2 nitrogen and oxygen atoms in total. The van der Waals surface area contributed by atoms with Crippen LogP contribution in [0, 0.1) is 5.92 Å². The predicted octanol–water partition coefficient (Wildman–Crippen LogP) is 3.28. The summed E-state index contributed by atoms with van der Waals surface area (Å²) in [6.45, 7) is 4.26. The van der Waals surface area contributed by atoms with E-state index in [-0.39, 0.29) is 5.92 Å². The number of benzene rings is 1. The van der Waals surface area contributed by atoms with Crippen molar-refractivity contribution in [1.29, 1.82) is 0 Å². The smallest absolute Gasteiger partial charge is 0.189 e. The molecule has 1 aromatic carbocycles. The van der Waals surface area contributed by atoms with Crippen LogP contribution < -0.4 is 0 Å². The molecule has 0 saturated carbocycles. The lowest BCUT2D eigenvalue weighted by Gasteiger charge is -2.22. The largest absolute Gasteiger partial charge is 0.346 e. The second-order valence-corrected chi connectivity index (χ2v) is 5.20. The highest BCUT2D eigenvalue weighted by atomic mass is 31.1. The molecule has 0 spiro atoms. The molecule has 0 radical (unpaired) electrons. The van der Waals surface area contributed by atoms with Crippen molar-refractivity contribution in [3.63, 3.8) is 0 Å². The fourth-order valence-corrected chi connectivity index (χ4v) is 2.83. The monoisotopic (exact) mass is 226 g/mol. The Morgan fingerprint density at radius 3 is 2.40 bits per heavy atom. The van der Waals surface area contributed by atoms with Crippen LogP contribution in [-0.4, -0.2) is 11.1 Å². The van der Waals surface area contributed by atoms with Gasteiger partial charge >= 0.3 is 0 Å². The van der Waals surface area contributed by atoms with Gasteiger partial charge in [-0.3, -0.25) is 4.57 Å².